The van der Waals surface area contributed by atoms with Gasteiger partial charge in [0.2, 0.25) is 11.8 Å². The molecule has 1 unspecified atom stereocenters. The monoisotopic (exact) mass is 888 g/mol. The molecule has 65 heavy (non-hydrogen) atoms. The van der Waals surface area contributed by atoms with E-state index in [1.807, 2.05) is 50.2 Å². The fourth-order valence-electron chi connectivity index (χ4n) is 10.9. The summed E-state index contributed by atoms with van der Waals surface area (Å²) in [5, 5.41) is 15.0. The molecule has 0 radical (unpaired) electrons. The lowest BCUT2D eigenvalue weighted by Gasteiger charge is -2.63. The number of ether oxygens (including phenoxy) is 4. The van der Waals surface area contributed by atoms with Gasteiger partial charge in [0.15, 0.2) is 0 Å². The number of imide groups is 2. The third-order valence-electron chi connectivity index (χ3n) is 14.4. The molecular weight excluding hydrogens is 829 g/mol. The number of piperidine rings is 2. The predicted molar refractivity (Wildman–Crippen MR) is 241 cm³/mol. The molecule has 8 rings (SSSR count). The molecule has 2 aliphatic carbocycles. The number of fused-ring (bicyclic) bond motifs is 1. The van der Waals surface area contributed by atoms with Crippen LogP contribution in [0, 0.1) is 36.0 Å². The average Bonchev–Trinajstić information content (AvgIpc) is 3.50. The summed E-state index contributed by atoms with van der Waals surface area (Å²) in [4.78, 5) is 70.0. The highest BCUT2D eigenvalue weighted by molar-refractivity contribution is 6.24. The maximum absolute atomic E-state index is 13.6. The molecular formula is C50H60N6O9. The molecule has 5 aliphatic rings. The third-order valence-corrected chi connectivity index (χ3v) is 14.4. The van der Waals surface area contributed by atoms with E-state index in [0.29, 0.717) is 29.5 Å². The van der Waals surface area contributed by atoms with Gasteiger partial charge in [-0.25, -0.2) is 0 Å². The van der Waals surface area contributed by atoms with Crippen molar-refractivity contribution in [3.8, 4) is 23.3 Å². The highest BCUT2D eigenvalue weighted by Crippen LogP contribution is 2.55. The molecule has 15 nitrogen and oxygen atoms in total. The van der Waals surface area contributed by atoms with Crippen molar-refractivity contribution < 1.29 is 42.9 Å². The van der Waals surface area contributed by atoms with E-state index < -0.39 is 29.7 Å². The molecule has 344 valence electrons. The van der Waals surface area contributed by atoms with Crippen molar-refractivity contribution >= 4 is 35.2 Å². The molecule has 15 heteroatoms. The summed E-state index contributed by atoms with van der Waals surface area (Å²) in [7, 11) is 3.50. The summed E-state index contributed by atoms with van der Waals surface area (Å²) in [5.41, 5.74) is 3.72. The first-order valence-corrected chi connectivity index (χ1v) is 22.7. The highest BCUT2D eigenvalue weighted by Gasteiger charge is 2.64. The SMILES string of the molecule is COc1cc(OC2CC(N(C)CCOC3CCN(c4ccc(C(=O)NC5C(C)(C)C(Oc6cc(C)c(C#N)c(C)c6)C5(C)C)cc4)CC3)C2)cc2c1C(=O)N(C1CCC(=O)NC1=O)C2=O. The molecule has 1 atom stereocenters. The third kappa shape index (κ3) is 8.66. The molecule has 0 aromatic heterocycles. The van der Waals surface area contributed by atoms with Gasteiger partial charge in [-0.3, -0.25) is 34.2 Å². The first-order chi connectivity index (χ1) is 30.9. The molecule has 3 aliphatic heterocycles. The van der Waals surface area contributed by atoms with E-state index in [-0.39, 0.29) is 70.8 Å². The van der Waals surface area contributed by atoms with Gasteiger partial charge in [-0.1, -0.05) is 27.7 Å². The van der Waals surface area contributed by atoms with Crippen LogP contribution in [0.3, 0.4) is 0 Å². The first-order valence-electron chi connectivity index (χ1n) is 22.7. The second kappa shape index (κ2) is 17.8. The van der Waals surface area contributed by atoms with Crippen molar-refractivity contribution in [3.63, 3.8) is 0 Å². The molecule has 0 spiro atoms. The van der Waals surface area contributed by atoms with E-state index in [9.17, 15) is 29.2 Å². The Morgan fingerprint density at radius 3 is 2.15 bits per heavy atom. The van der Waals surface area contributed by atoms with Gasteiger partial charge in [-0.2, -0.15) is 5.26 Å². The summed E-state index contributed by atoms with van der Waals surface area (Å²) < 4.78 is 24.6. The van der Waals surface area contributed by atoms with Gasteiger partial charge in [0.05, 0.1) is 42.6 Å². The number of nitrogens with zero attached hydrogens (tertiary/aromatic N) is 4. The van der Waals surface area contributed by atoms with Crippen LogP contribution in [0.15, 0.2) is 48.5 Å². The predicted octanol–water partition coefficient (Wildman–Crippen LogP) is 5.72. The second-order valence-corrected chi connectivity index (χ2v) is 19.5. The number of aryl methyl sites for hydroxylation is 2. The van der Waals surface area contributed by atoms with Crippen molar-refractivity contribution in [2.24, 2.45) is 10.8 Å². The zero-order chi connectivity index (χ0) is 46.5. The van der Waals surface area contributed by atoms with Crippen LogP contribution in [-0.2, 0) is 14.3 Å². The van der Waals surface area contributed by atoms with Crippen molar-refractivity contribution in [1.82, 2.24) is 20.4 Å². The molecule has 2 N–H and O–H groups in total. The zero-order valence-corrected chi connectivity index (χ0v) is 38.6. The average molecular weight is 889 g/mol. The standard InChI is InChI=1S/C50H60N6O9/c1-28-21-34(22-29(2)38(28)27-51)65-48-49(3,4)47(50(48,5)6)53-43(58)30-9-11-31(12-10-30)55-17-15-33(16-18-55)63-20-19-54(7)32-23-35(24-32)64-36-25-37-42(40(26-36)62-8)46(61)56(45(37)60)39-13-14-41(57)52-44(39)59/h9-12,21-22,25-26,32-33,35,39,47-48H,13-20,23-24H2,1-8H3,(H,53,58)(H,52,57,59). The Balaban J connectivity index is 0.751. The van der Waals surface area contributed by atoms with Crippen LogP contribution in [-0.4, -0.2) is 116 Å². The number of benzene rings is 3. The summed E-state index contributed by atoms with van der Waals surface area (Å²) in [5.74, 6) is -1.08. The Labute approximate surface area is 380 Å². The smallest absolute Gasteiger partial charge is 0.266 e. The number of amides is 5. The zero-order valence-electron chi connectivity index (χ0n) is 38.6. The van der Waals surface area contributed by atoms with Crippen LogP contribution < -0.4 is 29.7 Å². The lowest BCUT2D eigenvalue weighted by molar-refractivity contribution is -0.164. The Morgan fingerprint density at radius 1 is 0.892 bits per heavy atom. The van der Waals surface area contributed by atoms with E-state index >= 15 is 0 Å². The number of nitrogens with one attached hydrogen (secondary N) is 2. The number of carbonyl (C=O) groups is 5. The van der Waals surface area contributed by atoms with Crippen molar-refractivity contribution in [2.75, 3.05) is 45.3 Å². The molecule has 3 aromatic carbocycles. The molecule has 4 fully saturated rings. The van der Waals surface area contributed by atoms with E-state index in [4.69, 9.17) is 18.9 Å². The summed E-state index contributed by atoms with van der Waals surface area (Å²) in [6, 6.07) is 16.3. The lowest BCUT2D eigenvalue weighted by Crippen LogP contribution is -2.74. The van der Waals surface area contributed by atoms with Crippen LogP contribution in [0.5, 0.6) is 17.2 Å². The Hall–Kier alpha value is -5.98. The molecule has 2 saturated heterocycles. The van der Waals surface area contributed by atoms with Gasteiger partial charge in [0, 0.05) is 79.1 Å². The fourth-order valence-corrected chi connectivity index (χ4v) is 10.9. The van der Waals surface area contributed by atoms with Gasteiger partial charge in [0.25, 0.3) is 17.7 Å². The maximum atomic E-state index is 13.6. The van der Waals surface area contributed by atoms with Crippen molar-refractivity contribution in [3.05, 3.63) is 81.9 Å². The highest BCUT2D eigenvalue weighted by atomic mass is 16.5. The molecule has 3 aromatic rings. The summed E-state index contributed by atoms with van der Waals surface area (Å²) in [6.07, 6.45) is 3.46. The number of carbonyl (C=O) groups excluding carboxylic acids is 5. The largest absolute Gasteiger partial charge is 0.496 e. The molecule has 0 bridgehead atoms. The number of anilines is 1. The minimum atomic E-state index is -1.06. The molecule has 2 saturated carbocycles. The summed E-state index contributed by atoms with van der Waals surface area (Å²) in [6.45, 7) is 15.5. The quantitative estimate of drug-likeness (QED) is 0.188. The topological polar surface area (TPSA) is 180 Å². The van der Waals surface area contributed by atoms with E-state index in [0.717, 1.165) is 72.8 Å². The number of nitriles is 1. The minimum Gasteiger partial charge on any atom is -0.496 e. The summed E-state index contributed by atoms with van der Waals surface area (Å²) >= 11 is 0. The Morgan fingerprint density at radius 2 is 1.54 bits per heavy atom. The van der Waals surface area contributed by atoms with Gasteiger partial charge in [-0.15, -0.1) is 0 Å². The number of methoxy groups -OCH3 is 1. The van der Waals surface area contributed by atoms with Crippen molar-refractivity contribution in [2.45, 2.75) is 117 Å². The number of hydrogen-bond acceptors (Lipinski definition) is 12. The second-order valence-electron chi connectivity index (χ2n) is 19.5. The maximum Gasteiger partial charge on any atom is 0.266 e. The van der Waals surface area contributed by atoms with Gasteiger partial charge in [0.1, 0.15) is 35.5 Å². The minimum absolute atomic E-state index is 0.0427. The Kier molecular flexibility index (Phi) is 12.5. The van der Waals surface area contributed by atoms with Gasteiger partial charge < -0.3 is 34.1 Å². The van der Waals surface area contributed by atoms with Crippen LogP contribution in [0.25, 0.3) is 0 Å². The number of rotatable bonds is 14. The van der Waals surface area contributed by atoms with E-state index in [1.54, 1.807) is 12.1 Å². The van der Waals surface area contributed by atoms with E-state index in [2.05, 4.69) is 61.2 Å². The fraction of sp³-hybridized carbons (Fsp3) is 0.520. The lowest BCUT2D eigenvalue weighted by atomic mass is 9.49. The van der Waals surface area contributed by atoms with Crippen molar-refractivity contribution in [1.29, 1.82) is 5.26 Å². The first kappa shape index (κ1) is 45.6. The molecule has 5 amide bonds. The van der Waals surface area contributed by atoms with Crippen LogP contribution in [0.4, 0.5) is 5.69 Å². The number of hydrogen-bond donors (Lipinski definition) is 2. The van der Waals surface area contributed by atoms with Crippen LogP contribution >= 0.6 is 0 Å². The van der Waals surface area contributed by atoms with Crippen LogP contribution in [0.1, 0.15) is 114 Å². The van der Waals surface area contributed by atoms with Gasteiger partial charge >= 0.3 is 0 Å². The van der Waals surface area contributed by atoms with E-state index in [1.165, 1.54) is 7.11 Å². The Bertz CT molecular complexity index is 2390. The number of likely N-dealkylation sites (N-methyl/N-ethyl adjacent to an activating group) is 1. The van der Waals surface area contributed by atoms with Crippen LogP contribution in [0.2, 0.25) is 0 Å². The normalized spacial score (nSPS) is 24.7. The van der Waals surface area contributed by atoms with Gasteiger partial charge in [-0.05, 0) is 93.7 Å². The molecule has 3 heterocycles.